The Bertz CT molecular complexity index is 651. The molecular formula is C15H20N4OS. The highest BCUT2D eigenvalue weighted by molar-refractivity contribution is 7.99. The van der Waals surface area contributed by atoms with Crippen LogP contribution in [0.4, 0.5) is 11.4 Å². The zero-order valence-corrected chi connectivity index (χ0v) is 13.3. The first-order valence-electron chi connectivity index (χ1n) is 6.75. The maximum absolute atomic E-state index is 12.0. The van der Waals surface area contributed by atoms with Gasteiger partial charge in [0.1, 0.15) is 0 Å². The van der Waals surface area contributed by atoms with Gasteiger partial charge in [0.05, 0.1) is 10.7 Å². The molecule has 0 aliphatic heterocycles. The monoisotopic (exact) mass is 304 g/mol. The average Bonchev–Trinajstić information content (AvgIpc) is 2.72. The molecule has 0 fully saturated rings. The number of nitrogens with one attached hydrogen (secondary N) is 1. The highest BCUT2D eigenvalue weighted by Crippen LogP contribution is 2.21. The molecular weight excluding hydrogens is 284 g/mol. The molecule has 1 aromatic carbocycles. The molecule has 2 aromatic rings. The van der Waals surface area contributed by atoms with Crippen molar-refractivity contribution in [2.45, 2.75) is 25.3 Å². The number of benzene rings is 1. The molecule has 0 unspecified atom stereocenters. The van der Waals surface area contributed by atoms with Crippen molar-refractivity contribution in [3.8, 4) is 0 Å². The summed E-state index contributed by atoms with van der Waals surface area (Å²) in [5.74, 6) is 0.710. The van der Waals surface area contributed by atoms with Crippen LogP contribution in [-0.4, -0.2) is 21.4 Å². The lowest BCUT2D eigenvalue weighted by Crippen LogP contribution is -2.13. The summed E-state index contributed by atoms with van der Waals surface area (Å²) in [5.41, 5.74) is 9.15. The van der Waals surface area contributed by atoms with Crippen molar-refractivity contribution in [2.75, 3.05) is 16.8 Å². The van der Waals surface area contributed by atoms with Gasteiger partial charge in [-0.15, -0.1) is 11.8 Å². The van der Waals surface area contributed by atoms with Crippen LogP contribution in [0.3, 0.4) is 0 Å². The molecule has 21 heavy (non-hydrogen) atoms. The number of nitrogens with zero attached hydrogens (tertiary/aromatic N) is 2. The fourth-order valence-electron chi connectivity index (χ4n) is 1.96. The number of hydrogen-bond acceptors (Lipinski definition) is 4. The summed E-state index contributed by atoms with van der Waals surface area (Å²) < 4.78 is 1.83. The third kappa shape index (κ3) is 4.26. The van der Waals surface area contributed by atoms with Crippen LogP contribution in [0.5, 0.6) is 0 Å². The number of anilines is 2. The van der Waals surface area contributed by atoms with Crippen molar-refractivity contribution in [1.29, 1.82) is 0 Å². The third-order valence-electron chi connectivity index (χ3n) is 3.07. The summed E-state index contributed by atoms with van der Waals surface area (Å²) >= 11 is 1.63. The van der Waals surface area contributed by atoms with Crippen LogP contribution in [0.25, 0.3) is 0 Å². The second-order valence-electron chi connectivity index (χ2n) is 4.97. The van der Waals surface area contributed by atoms with Crippen LogP contribution in [0.1, 0.15) is 17.7 Å². The number of amides is 1. The predicted molar refractivity (Wildman–Crippen MR) is 87.5 cm³/mol. The molecule has 0 spiro atoms. The fourth-order valence-corrected chi connectivity index (χ4v) is 2.94. The first-order valence-corrected chi connectivity index (χ1v) is 7.73. The van der Waals surface area contributed by atoms with E-state index < -0.39 is 0 Å². The smallest absolute Gasteiger partial charge is 0.225 e. The first kappa shape index (κ1) is 15.4. The number of carbonyl (C=O) groups is 1. The van der Waals surface area contributed by atoms with E-state index >= 15 is 0 Å². The standard InChI is InChI=1S/C15H20N4OS/c1-10-4-5-12(16)9-13(10)17-14(20)6-7-21-15-8-11(2)18-19(15)3/h4-5,8-9H,6-7,16H2,1-3H3,(H,17,20). The van der Waals surface area contributed by atoms with Crippen LogP contribution >= 0.6 is 11.8 Å². The van der Waals surface area contributed by atoms with Crippen LogP contribution < -0.4 is 11.1 Å². The SMILES string of the molecule is Cc1cc(SCCC(=O)Nc2cc(N)ccc2C)n(C)n1. The molecule has 0 aliphatic carbocycles. The maximum atomic E-state index is 12.0. The Balaban J connectivity index is 1.85. The molecule has 5 nitrogen and oxygen atoms in total. The van der Waals surface area contributed by atoms with E-state index in [0.717, 1.165) is 22.0 Å². The van der Waals surface area contributed by atoms with Crippen molar-refractivity contribution >= 4 is 29.0 Å². The summed E-state index contributed by atoms with van der Waals surface area (Å²) in [6.45, 7) is 3.90. The molecule has 0 aliphatic rings. The van der Waals surface area contributed by atoms with Crippen molar-refractivity contribution in [3.63, 3.8) is 0 Å². The first-order chi connectivity index (χ1) is 9.95. The Morgan fingerprint density at radius 2 is 2.14 bits per heavy atom. The minimum atomic E-state index is -0.00455. The van der Waals surface area contributed by atoms with E-state index in [2.05, 4.69) is 10.4 Å². The molecule has 2 rings (SSSR count). The van der Waals surface area contributed by atoms with E-state index in [-0.39, 0.29) is 5.91 Å². The number of aromatic nitrogens is 2. The second-order valence-corrected chi connectivity index (χ2v) is 6.08. The Morgan fingerprint density at radius 3 is 2.81 bits per heavy atom. The highest BCUT2D eigenvalue weighted by Gasteiger charge is 2.07. The normalized spacial score (nSPS) is 10.6. The molecule has 1 aromatic heterocycles. The molecule has 1 amide bonds. The number of carbonyl (C=O) groups excluding carboxylic acids is 1. The molecule has 0 bridgehead atoms. The number of aryl methyl sites for hydroxylation is 3. The summed E-state index contributed by atoms with van der Waals surface area (Å²) in [5, 5.41) is 8.25. The third-order valence-corrected chi connectivity index (χ3v) is 4.16. The predicted octanol–water partition coefficient (Wildman–Crippen LogP) is 2.74. The summed E-state index contributed by atoms with van der Waals surface area (Å²) in [6.07, 6.45) is 0.448. The molecule has 1 heterocycles. The quantitative estimate of drug-likeness (QED) is 0.658. The zero-order valence-electron chi connectivity index (χ0n) is 12.5. The number of nitrogen functional groups attached to an aromatic ring is 1. The molecule has 0 saturated carbocycles. The van der Waals surface area contributed by atoms with E-state index in [1.165, 1.54) is 0 Å². The van der Waals surface area contributed by atoms with Crippen molar-refractivity contribution in [3.05, 3.63) is 35.5 Å². The van der Waals surface area contributed by atoms with Gasteiger partial charge in [-0.05, 0) is 37.6 Å². The van der Waals surface area contributed by atoms with E-state index in [1.54, 1.807) is 17.8 Å². The van der Waals surface area contributed by atoms with Gasteiger partial charge in [0.25, 0.3) is 0 Å². The van der Waals surface area contributed by atoms with E-state index in [1.807, 2.05) is 43.8 Å². The molecule has 6 heteroatoms. The lowest BCUT2D eigenvalue weighted by molar-refractivity contribution is -0.115. The highest BCUT2D eigenvalue weighted by atomic mass is 32.2. The topological polar surface area (TPSA) is 72.9 Å². The maximum Gasteiger partial charge on any atom is 0.225 e. The minimum Gasteiger partial charge on any atom is -0.399 e. The summed E-state index contributed by atoms with van der Waals surface area (Å²) in [7, 11) is 1.91. The number of hydrogen-bond donors (Lipinski definition) is 2. The zero-order chi connectivity index (χ0) is 15.4. The van der Waals surface area contributed by atoms with E-state index in [9.17, 15) is 4.79 Å². The largest absolute Gasteiger partial charge is 0.399 e. The Morgan fingerprint density at radius 1 is 1.38 bits per heavy atom. The number of rotatable bonds is 5. The molecule has 0 saturated heterocycles. The van der Waals surface area contributed by atoms with Crippen LogP contribution in [0, 0.1) is 13.8 Å². The molecule has 3 N–H and O–H groups in total. The number of thioether (sulfide) groups is 1. The average molecular weight is 304 g/mol. The number of nitrogens with two attached hydrogens (primary N) is 1. The summed E-state index contributed by atoms with van der Waals surface area (Å²) in [4.78, 5) is 12.0. The minimum absolute atomic E-state index is 0.00455. The Kier molecular flexibility index (Phi) is 4.90. The van der Waals surface area contributed by atoms with Gasteiger partial charge in [-0.3, -0.25) is 9.48 Å². The lowest BCUT2D eigenvalue weighted by atomic mass is 10.2. The van der Waals surface area contributed by atoms with Crippen molar-refractivity contribution in [2.24, 2.45) is 7.05 Å². The Labute approximate surface area is 128 Å². The van der Waals surface area contributed by atoms with Gasteiger partial charge in [0, 0.05) is 30.6 Å². The van der Waals surface area contributed by atoms with Gasteiger partial charge in [-0.25, -0.2) is 0 Å². The molecule has 0 atom stereocenters. The van der Waals surface area contributed by atoms with Gasteiger partial charge in [-0.2, -0.15) is 5.10 Å². The fraction of sp³-hybridized carbons (Fsp3) is 0.333. The van der Waals surface area contributed by atoms with Gasteiger partial charge < -0.3 is 11.1 Å². The van der Waals surface area contributed by atoms with Crippen molar-refractivity contribution in [1.82, 2.24) is 9.78 Å². The van der Waals surface area contributed by atoms with E-state index in [0.29, 0.717) is 17.9 Å². The molecule has 0 radical (unpaired) electrons. The van der Waals surface area contributed by atoms with Crippen LogP contribution in [0.2, 0.25) is 0 Å². The second kappa shape index (κ2) is 6.67. The summed E-state index contributed by atoms with van der Waals surface area (Å²) in [6, 6.07) is 7.53. The van der Waals surface area contributed by atoms with Crippen LogP contribution in [0.15, 0.2) is 29.3 Å². The molecule has 112 valence electrons. The van der Waals surface area contributed by atoms with Gasteiger partial charge >= 0.3 is 0 Å². The van der Waals surface area contributed by atoms with Crippen molar-refractivity contribution < 1.29 is 4.79 Å². The van der Waals surface area contributed by atoms with E-state index in [4.69, 9.17) is 5.73 Å². The van der Waals surface area contributed by atoms with Crippen LogP contribution in [-0.2, 0) is 11.8 Å². The van der Waals surface area contributed by atoms with Gasteiger partial charge in [-0.1, -0.05) is 6.07 Å². The lowest BCUT2D eigenvalue weighted by Gasteiger charge is -2.09. The van der Waals surface area contributed by atoms with Gasteiger partial charge in [0.2, 0.25) is 5.91 Å². The van der Waals surface area contributed by atoms with Gasteiger partial charge in [0.15, 0.2) is 0 Å². The Hall–Kier alpha value is -1.95.